The van der Waals surface area contributed by atoms with Crippen LogP contribution in [0.3, 0.4) is 0 Å². The number of hydrogen-bond donors (Lipinski definition) is 4. The van der Waals surface area contributed by atoms with E-state index in [1.807, 2.05) is 0 Å². The van der Waals surface area contributed by atoms with Gasteiger partial charge in [0.15, 0.2) is 13.2 Å². The van der Waals surface area contributed by atoms with Crippen molar-refractivity contribution < 1.29 is 38.1 Å². The third kappa shape index (κ3) is 10.8. The Morgan fingerprint density at radius 1 is 0.543 bits per heavy atom. The number of hydrazine groups is 2. The zero-order valence-corrected chi connectivity index (χ0v) is 19.4. The summed E-state index contributed by atoms with van der Waals surface area (Å²) in [5.74, 6) is 0.195. The largest absolute Gasteiger partial charge is 0.497 e. The van der Waals surface area contributed by atoms with Gasteiger partial charge in [0.1, 0.15) is 23.0 Å². The van der Waals surface area contributed by atoms with E-state index in [4.69, 9.17) is 18.9 Å². The summed E-state index contributed by atoms with van der Waals surface area (Å²) in [5.41, 5.74) is 8.91. The highest BCUT2D eigenvalue weighted by atomic mass is 16.5. The first-order valence-corrected chi connectivity index (χ1v) is 10.6. The molecule has 12 heteroatoms. The second-order valence-corrected chi connectivity index (χ2v) is 6.97. The molecule has 35 heavy (non-hydrogen) atoms. The van der Waals surface area contributed by atoms with Crippen molar-refractivity contribution in [3.63, 3.8) is 0 Å². The van der Waals surface area contributed by atoms with Gasteiger partial charge in [0, 0.05) is 12.8 Å². The smallest absolute Gasteiger partial charge is 0.276 e. The quantitative estimate of drug-likeness (QED) is 0.317. The number of carbonyl (C=O) groups is 4. The summed E-state index contributed by atoms with van der Waals surface area (Å²) in [6.45, 7) is -0.590. The second kappa shape index (κ2) is 14.6. The Morgan fingerprint density at radius 2 is 0.857 bits per heavy atom. The number of nitrogens with one attached hydrogen (secondary N) is 4. The number of ether oxygens (including phenoxy) is 4. The minimum atomic E-state index is -0.550. The summed E-state index contributed by atoms with van der Waals surface area (Å²) in [4.78, 5) is 47.1. The van der Waals surface area contributed by atoms with Crippen LogP contribution in [-0.4, -0.2) is 51.1 Å². The summed E-state index contributed by atoms with van der Waals surface area (Å²) in [6.07, 6.45) is 0.178. The lowest BCUT2D eigenvalue weighted by molar-refractivity contribution is -0.131. The third-order valence-corrected chi connectivity index (χ3v) is 4.35. The molecule has 4 amide bonds. The van der Waals surface area contributed by atoms with Crippen LogP contribution in [-0.2, 0) is 19.2 Å². The van der Waals surface area contributed by atoms with Crippen LogP contribution in [0.25, 0.3) is 0 Å². The number of amides is 4. The van der Waals surface area contributed by atoms with Gasteiger partial charge in [0.05, 0.1) is 14.2 Å². The van der Waals surface area contributed by atoms with Gasteiger partial charge < -0.3 is 18.9 Å². The fourth-order valence-electron chi connectivity index (χ4n) is 2.53. The van der Waals surface area contributed by atoms with Crippen molar-refractivity contribution >= 4 is 23.6 Å². The minimum Gasteiger partial charge on any atom is -0.497 e. The number of carbonyl (C=O) groups excluding carboxylic acids is 4. The lowest BCUT2D eigenvalue weighted by atomic mass is 10.2. The Bertz CT molecular complexity index is 901. The van der Waals surface area contributed by atoms with E-state index < -0.39 is 23.6 Å². The molecule has 0 aromatic heterocycles. The van der Waals surface area contributed by atoms with E-state index in [0.29, 0.717) is 23.0 Å². The Hall–Kier alpha value is -4.48. The molecular formula is C23H28N4O8. The zero-order chi connectivity index (χ0) is 25.5. The molecule has 0 atom stereocenters. The Labute approximate surface area is 202 Å². The van der Waals surface area contributed by atoms with Crippen LogP contribution in [0, 0.1) is 0 Å². The third-order valence-electron chi connectivity index (χ3n) is 4.35. The van der Waals surface area contributed by atoms with Crippen LogP contribution >= 0.6 is 0 Å². The normalized spacial score (nSPS) is 9.89. The maximum atomic E-state index is 11.8. The molecule has 0 unspecified atom stereocenters. The van der Waals surface area contributed by atoms with Crippen molar-refractivity contribution in [1.82, 2.24) is 21.7 Å². The molecule has 2 rings (SSSR count). The molecule has 2 aromatic carbocycles. The van der Waals surface area contributed by atoms with E-state index in [9.17, 15) is 19.2 Å². The highest BCUT2D eigenvalue weighted by Gasteiger charge is 2.09. The number of methoxy groups -OCH3 is 2. The molecule has 0 saturated heterocycles. The lowest BCUT2D eigenvalue weighted by Gasteiger charge is -2.10. The summed E-state index contributed by atoms with van der Waals surface area (Å²) < 4.78 is 20.6. The molecule has 0 spiro atoms. The molecule has 0 fully saturated rings. The van der Waals surface area contributed by atoms with Crippen LogP contribution in [0.2, 0.25) is 0 Å². The first-order chi connectivity index (χ1) is 16.9. The molecule has 0 radical (unpaired) electrons. The summed E-state index contributed by atoms with van der Waals surface area (Å²) in [5, 5.41) is 0. The van der Waals surface area contributed by atoms with Gasteiger partial charge in [-0.3, -0.25) is 40.9 Å². The first kappa shape index (κ1) is 26.8. The first-order valence-electron chi connectivity index (χ1n) is 10.6. The SMILES string of the molecule is COc1ccc(OCC(=O)NNC(=O)CCCC(=O)NNC(=O)COc2ccc(OC)cc2)cc1. The van der Waals surface area contributed by atoms with Gasteiger partial charge in [0.25, 0.3) is 11.8 Å². The van der Waals surface area contributed by atoms with E-state index in [1.165, 1.54) is 14.2 Å². The average molecular weight is 488 g/mol. The van der Waals surface area contributed by atoms with Crippen molar-refractivity contribution in [2.24, 2.45) is 0 Å². The summed E-state index contributed by atoms with van der Waals surface area (Å²) in [7, 11) is 3.08. The molecule has 0 aliphatic carbocycles. The molecular weight excluding hydrogens is 460 g/mol. The summed E-state index contributed by atoms with van der Waals surface area (Å²) >= 11 is 0. The summed E-state index contributed by atoms with van der Waals surface area (Å²) in [6, 6.07) is 13.3. The van der Waals surface area contributed by atoms with Gasteiger partial charge in [-0.15, -0.1) is 0 Å². The fraction of sp³-hybridized carbons (Fsp3) is 0.304. The van der Waals surface area contributed by atoms with Gasteiger partial charge >= 0.3 is 0 Å². The maximum Gasteiger partial charge on any atom is 0.276 e. The second-order valence-electron chi connectivity index (χ2n) is 6.97. The Morgan fingerprint density at radius 3 is 1.20 bits per heavy atom. The number of benzene rings is 2. The molecule has 0 aliphatic heterocycles. The fourth-order valence-corrected chi connectivity index (χ4v) is 2.53. The highest BCUT2D eigenvalue weighted by molar-refractivity contribution is 5.84. The van der Waals surface area contributed by atoms with Crippen LogP contribution in [0.5, 0.6) is 23.0 Å². The lowest BCUT2D eigenvalue weighted by Crippen LogP contribution is -2.44. The van der Waals surface area contributed by atoms with Crippen molar-refractivity contribution in [1.29, 1.82) is 0 Å². The predicted octanol–water partition coefficient (Wildman–Crippen LogP) is 0.627. The monoisotopic (exact) mass is 488 g/mol. The van der Waals surface area contributed by atoms with Gasteiger partial charge in [-0.05, 0) is 55.0 Å². The van der Waals surface area contributed by atoms with Crippen molar-refractivity contribution in [2.45, 2.75) is 19.3 Å². The van der Waals surface area contributed by atoms with E-state index in [0.717, 1.165) is 0 Å². The number of rotatable bonds is 12. The van der Waals surface area contributed by atoms with Crippen LogP contribution in [0.15, 0.2) is 48.5 Å². The van der Waals surface area contributed by atoms with E-state index >= 15 is 0 Å². The molecule has 4 N–H and O–H groups in total. The highest BCUT2D eigenvalue weighted by Crippen LogP contribution is 2.17. The molecule has 0 heterocycles. The van der Waals surface area contributed by atoms with Crippen LogP contribution < -0.4 is 40.7 Å². The topological polar surface area (TPSA) is 153 Å². The van der Waals surface area contributed by atoms with Gasteiger partial charge in [-0.1, -0.05) is 0 Å². The van der Waals surface area contributed by atoms with Crippen molar-refractivity contribution in [2.75, 3.05) is 27.4 Å². The molecule has 188 valence electrons. The van der Waals surface area contributed by atoms with E-state index in [2.05, 4.69) is 21.7 Å². The molecule has 12 nitrogen and oxygen atoms in total. The Kier molecular flexibility index (Phi) is 11.2. The molecule has 0 saturated carbocycles. The molecule has 0 bridgehead atoms. The van der Waals surface area contributed by atoms with E-state index in [-0.39, 0.29) is 32.5 Å². The van der Waals surface area contributed by atoms with Crippen molar-refractivity contribution in [3.8, 4) is 23.0 Å². The van der Waals surface area contributed by atoms with Gasteiger partial charge in [0.2, 0.25) is 11.8 Å². The van der Waals surface area contributed by atoms with Crippen molar-refractivity contribution in [3.05, 3.63) is 48.5 Å². The van der Waals surface area contributed by atoms with Gasteiger partial charge in [-0.25, -0.2) is 0 Å². The van der Waals surface area contributed by atoms with E-state index in [1.54, 1.807) is 48.5 Å². The molecule has 0 aliphatic rings. The molecule has 2 aromatic rings. The van der Waals surface area contributed by atoms with Crippen LogP contribution in [0.1, 0.15) is 19.3 Å². The average Bonchev–Trinajstić information content (AvgIpc) is 2.88. The maximum absolute atomic E-state index is 11.8. The Balaban J connectivity index is 1.51. The predicted molar refractivity (Wildman–Crippen MR) is 123 cm³/mol. The standard InChI is InChI=1S/C23H28N4O8/c1-32-16-6-10-18(11-7-16)34-14-22(30)26-24-20(28)4-3-5-21(29)25-27-23(31)15-35-19-12-8-17(33-2)9-13-19/h6-13H,3-5,14-15H2,1-2H3,(H,24,28)(H,25,29)(H,26,30)(H,27,31). The zero-order valence-electron chi connectivity index (χ0n) is 19.4. The van der Waals surface area contributed by atoms with Gasteiger partial charge in [-0.2, -0.15) is 0 Å². The minimum absolute atomic E-state index is 0.0123. The number of hydrogen-bond acceptors (Lipinski definition) is 8. The van der Waals surface area contributed by atoms with Crippen LogP contribution in [0.4, 0.5) is 0 Å².